The van der Waals surface area contributed by atoms with Crippen molar-refractivity contribution in [1.82, 2.24) is 4.98 Å². The first-order valence-corrected chi connectivity index (χ1v) is 9.93. The van der Waals surface area contributed by atoms with E-state index < -0.39 is 0 Å². The van der Waals surface area contributed by atoms with Gasteiger partial charge >= 0.3 is 0 Å². The number of aliphatic imine (C=N–C) groups is 1. The molecule has 0 saturated carbocycles. The molecule has 0 radical (unpaired) electrons. The highest BCUT2D eigenvalue weighted by atomic mass is 35.5. The summed E-state index contributed by atoms with van der Waals surface area (Å²) in [5, 5.41) is 1.48. The van der Waals surface area contributed by atoms with Gasteiger partial charge in [0.25, 0.3) is 5.91 Å². The van der Waals surface area contributed by atoms with Crippen LogP contribution in [0.2, 0.25) is 10.0 Å². The third-order valence-electron chi connectivity index (χ3n) is 3.96. The second-order valence-electron chi connectivity index (χ2n) is 5.80. The molecule has 0 aliphatic carbocycles. The maximum Gasteiger partial charge on any atom is 0.271 e. The minimum Gasteiger partial charge on any atom is -0.268 e. The molecule has 1 fully saturated rings. The number of anilines is 1. The molecule has 4 rings (SSSR count). The number of para-hydroxylation sites is 1. The number of thioether (sulfide) groups is 1. The van der Waals surface area contributed by atoms with E-state index in [9.17, 15) is 4.79 Å². The van der Waals surface area contributed by atoms with Crippen molar-refractivity contribution in [2.45, 2.75) is 0 Å². The average molecular weight is 426 g/mol. The van der Waals surface area contributed by atoms with E-state index in [0.29, 0.717) is 31.5 Å². The van der Waals surface area contributed by atoms with Gasteiger partial charge in [-0.1, -0.05) is 53.5 Å². The fraction of sp³-hybridized carbons (Fsp3) is 0. The predicted octanol–water partition coefficient (Wildman–Crippen LogP) is 6.20. The molecular weight excluding hydrogens is 413 g/mol. The molecule has 138 valence electrons. The van der Waals surface area contributed by atoms with Crippen molar-refractivity contribution in [3.63, 3.8) is 0 Å². The zero-order valence-corrected chi connectivity index (χ0v) is 16.7. The Morgan fingerprint density at radius 1 is 0.929 bits per heavy atom. The Hall–Kier alpha value is -2.60. The molecule has 0 spiro atoms. The molecule has 1 amide bonds. The Morgan fingerprint density at radius 3 is 2.32 bits per heavy atom. The van der Waals surface area contributed by atoms with Crippen molar-refractivity contribution in [2.24, 2.45) is 4.99 Å². The van der Waals surface area contributed by atoms with Gasteiger partial charge in [0.2, 0.25) is 0 Å². The maximum atomic E-state index is 13.2. The topological polar surface area (TPSA) is 45.6 Å². The number of hydrogen-bond acceptors (Lipinski definition) is 4. The number of carbonyl (C=O) groups excluding carboxylic acids is 1. The van der Waals surface area contributed by atoms with E-state index in [4.69, 9.17) is 23.2 Å². The molecule has 0 bridgehead atoms. The van der Waals surface area contributed by atoms with Gasteiger partial charge in [0.1, 0.15) is 0 Å². The number of hydrogen-bond donors (Lipinski definition) is 0. The maximum absolute atomic E-state index is 13.2. The van der Waals surface area contributed by atoms with Gasteiger partial charge in [0, 0.05) is 21.8 Å². The van der Waals surface area contributed by atoms with Crippen LogP contribution in [-0.4, -0.2) is 16.1 Å². The Labute approximate surface area is 176 Å². The normalized spacial score (nSPS) is 16.9. The van der Waals surface area contributed by atoms with Crippen molar-refractivity contribution in [3.8, 4) is 0 Å². The van der Waals surface area contributed by atoms with E-state index in [1.165, 1.54) is 11.8 Å². The first-order chi connectivity index (χ1) is 13.6. The number of rotatable bonds is 3. The molecule has 2 aromatic carbocycles. The average Bonchev–Trinajstić information content (AvgIpc) is 3.01. The van der Waals surface area contributed by atoms with Gasteiger partial charge in [-0.05, 0) is 54.2 Å². The van der Waals surface area contributed by atoms with Crippen LogP contribution >= 0.6 is 35.0 Å². The van der Waals surface area contributed by atoms with Crippen molar-refractivity contribution in [1.29, 1.82) is 0 Å². The van der Waals surface area contributed by atoms with Gasteiger partial charge in [0.05, 0.1) is 10.6 Å². The van der Waals surface area contributed by atoms with E-state index in [2.05, 4.69) is 9.98 Å². The number of amides is 1. The first kappa shape index (κ1) is 18.7. The summed E-state index contributed by atoms with van der Waals surface area (Å²) >= 11 is 13.8. The highest BCUT2D eigenvalue weighted by Gasteiger charge is 2.35. The number of aromatic nitrogens is 1. The van der Waals surface area contributed by atoms with Crippen LogP contribution in [-0.2, 0) is 4.79 Å². The van der Waals surface area contributed by atoms with Crippen LogP contribution in [0.15, 0.2) is 82.8 Å². The van der Waals surface area contributed by atoms with E-state index in [1.54, 1.807) is 41.4 Å². The van der Waals surface area contributed by atoms with Crippen LogP contribution in [0.1, 0.15) is 5.56 Å². The number of nitrogens with zero attached hydrogens (tertiary/aromatic N) is 3. The Bertz CT molecular complexity index is 1070. The van der Waals surface area contributed by atoms with E-state index in [-0.39, 0.29) is 5.91 Å². The summed E-state index contributed by atoms with van der Waals surface area (Å²) in [6.45, 7) is 0. The van der Waals surface area contributed by atoms with Crippen molar-refractivity contribution < 1.29 is 4.79 Å². The molecule has 1 saturated heterocycles. The molecule has 2 heterocycles. The van der Waals surface area contributed by atoms with Gasteiger partial charge in [-0.2, -0.15) is 0 Å². The standard InChI is InChI=1S/C21H13Cl2N3OS/c22-16-9-6-10-17(23)15(16)13-18-20(27)26(14-7-2-1-3-8-14)21(28-18)25-19-11-4-5-12-24-19/h1-13H/b18-13-,25-21+. The minimum atomic E-state index is -0.193. The van der Waals surface area contributed by atoms with Gasteiger partial charge in [-0.15, -0.1) is 0 Å². The molecule has 1 aliphatic rings. The minimum absolute atomic E-state index is 0.193. The first-order valence-electron chi connectivity index (χ1n) is 8.36. The Balaban J connectivity index is 1.81. The quantitative estimate of drug-likeness (QED) is 0.469. The van der Waals surface area contributed by atoms with Gasteiger partial charge in [-0.3, -0.25) is 9.69 Å². The number of amidine groups is 1. The summed E-state index contributed by atoms with van der Waals surface area (Å²) in [5.41, 5.74) is 1.33. The highest BCUT2D eigenvalue weighted by Crippen LogP contribution is 2.38. The SMILES string of the molecule is O=C1/C(=C/c2c(Cl)cccc2Cl)S/C(=N/c2ccccn2)N1c1ccccc1. The van der Waals surface area contributed by atoms with Crippen molar-refractivity contribution in [2.75, 3.05) is 4.90 Å². The predicted molar refractivity (Wildman–Crippen MR) is 117 cm³/mol. The second-order valence-corrected chi connectivity index (χ2v) is 7.63. The molecule has 0 unspecified atom stereocenters. The third-order valence-corrected chi connectivity index (χ3v) is 5.58. The van der Waals surface area contributed by atoms with Crippen LogP contribution in [0.25, 0.3) is 6.08 Å². The lowest BCUT2D eigenvalue weighted by Gasteiger charge is -2.15. The molecule has 0 atom stereocenters. The van der Waals surface area contributed by atoms with Crippen LogP contribution in [0.4, 0.5) is 11.5 Å². The summed E-state index contributed by atoms with van der Waals surface area (Å²) in [4.78, 5) is 24.0. The monoisotopic (exact) mass is 425 g/mol. The summed E-state index contributed by atoms with van der Waals surface area (Å²) in [5.74, 6) is 0.331. The third kappa shape index (κ3) is 3.83. The zero-order valence-electron chi connectivity index (χ0n) is 14.4. The summed E-state index contributed by atoms with van der Waals surface area (Å²) in [6, 6.07) is 20.1. The highest BCUT2D eigenvalue weighted by molar-refractivity contribution is 8.19. The van der Waals surface area contributed by atoms with E-state index in [1.807, 2.05) is 42.5 Å². The lowest BCUT2D eigenvalue weighted by atomic mass is 10.2. The second kappa shape index (κ2) is 8.19. The lowest BCUT2D eigenvalue weighted by molar-refractivity contribution is -0.113. The molecule has 7 heteroatoms. The molecule has 1 aromatic heterocycles. The van der Waals surface area contributed by atoms with Crippen LogP contribution in [0.3, 0.4) is 0 Å². The molecule has 0 N–H and O–H groups in total. The zero-order chi connectivity index (χ0) is 19.5. The Kier molecular flexibility index (Phi) is 5.48. The fourth-order valence-corrected chi connectivity index (χ4v) is 4.13. The van der Waals surface area contributed by atoms with Crippen LogP contribution < -0.4 is 4.90 Å². The molecule has 1 aliphatic heterocycles. The fourth-order valence-electron chi connectivity index (χ4n) is 2.65. The molecule has 28 heavy (non-hydrogen) atoms. The van der Waals surface area contributed by atoms with Crippen LogP contribution in [0.5, 0.6) is 0 Å². The van der Waals surface area contributed by atoms with Crippen molar-refractivity contribution >= 4 is 63.6 Å². The number of pyridine rings is 1. The molecular formula is C21H13Cl2N3OS. The largest absolute Gasteiger partial charge is 0.271 e. The van der Waals surface area contributed by atoms with Gasteiger partial charge < -0.3 is 0 Å². The summed E-state index contributed by atoms with van der Waals surface area (Å²) in [6.07, 6.45) is 3.36. The lowest BCUT2D eigenvalue weighted by Crippen LogP contribution is -2.28. The molecule has 4 nitrogen and oxygen atoms in total. The molecule has 3 aromatic rings. The number of carbonyl (C=O) groups is 1. The van der Waals surface area contributed by atoms with E-state index >= 15 is 0 Å². The summed E-state index contributed by atoms with van der Waals surface area (Å²) in [7, 11) is 0. The summed E-state index contributed by atoms with van der Waals surface area (Å²) < 4.78 is 0. The van der Waals surface area contributed by atoms with Gasteiger partial charge in [0.15, 0.2) is 11.0 Å². The van der Waals surface area contributed by atoms with E-state index in [0.717, 1.165) is 5.69 Å². The number of benzene rings is 2. The van der Waals surface area contributed by atoms with Crippen molar-refractivity contribution in [3.05, 3.63) is 93.4 Å². The Morgan fingerprint density at radius 2 is 1.64 bits per heavy atom. The number of halogens is 2. The van der Waals surface area contributed by atoms with Gasteiger partial charge in [-0.25, -0.2) is 9.98 Å². The smallest absolute Gasteiger partial charge is 0.268 e. The van der Waals surface area contributed by atoms with Crippen LogP contribution in [0, 0.1) is 0 Å².